The summed E-state index contributed by atoms with van der Waals surface area (Å²) in [5.41, 5.74) is 1.84. The molecule has 1 aliphatic heterocycles. The van der Waals surface area contributed by atoms with Gasteiger partial charge in [-0.3, -0.25) is 4.79 Å². The second-order valence-electron chi connectivity index (χ2n) is 5.86. The highest BCUT2D eigenvalue weighted by molar-refractivity contribution is 5.94. The van der Waals surface area contributed by atoms with Crippen molar-refractivity contribution >= 4 is 5.91 Å². The Balaban J connectivity index is 1.56. The van der Waals surface area contributed by atoms with E-state index in [-0.39, 0.29) is 12.0 Å². The third-order valence-corrected chi connectivity index (χ3v) is 4.07. The number of carbonyl (C=O) groups is 1. The summed E-state index contributed by atoms with van der Waals surface area (Å²) in [7, 11) is 1.52. The lowest BCUT2D eigenvalue weighted by Crippen LogP contribution is -2.41. The Morgan fingerprint density at radius 2 is 2.04 bits per heavy atom. The molecule has 6 heteroatoms. The normalized spacial score (nSPS) is 15.2. The van der Waals surface area contributed by atoms with Crippen LogP contribution in [0.15, 0.2) is 36.5 Å². The summed E-state index contributed by atoms with van der Waals surface area (Å²) in [6, 6.07) is 9.71. The van der Waals surface area contributed by atoms with Crippen molar-refractivity contribution in [1.82, 2.24) is 14.9 Å². The van der Waals surface area contributed by atoms with Crippen LogP contribution in [0.25, 0.3) is 0 Å². The summed E-state index contributed by atoms with van der Waals surface area (Å²) < 4.78 is 10.9. The van der Waals surface area contributed by atoms with Crippen LogP contribution in [0, 0.1) is 6.92 Å². The smallest absolute Gasteiger partial charge is 0.319 e. The molecule has 1 aliphatic rings. The van der Waals surface area contributed by atoms with Gasteiger partial charge in [0.25, 0.3) is 5.91 Å². The van der Waals surface area contributed by atoms with E-state index in [4.69, 9.17) is 9.47 Å². The molecule has 6 nitrogen and oxygen atoms in total. The maximum Gasteiger partial charge on any atom is 0.319 e. The lowest BCUT2D eigenvalue weighted by atomic mass is 10.1. The average molecular weight is 327 g/mol. The van der Waals surface area contributed by atoms with Crippen molar-refractivity contribution in [2.24, 2.45) is 0 Å². The van der Waals surface area contributed by atoms with Gasteiger partial charge in [0.05, 0.1) is 7.11 Å². The van der Waals surface area contributed by atoms with Crippen LogP contribution >= 0.6 is 0 Å². The van der Waals surface area contributed by atoms with Gasteiger partial charge in [-0.25, -0.2) is 4.98 Å². The number of ether oxygens (including phenoxy) is 2. The Kier molecular flexibility index (Phi) is 4.93. The van der Waals surface area contributed by atoms with Gasteiger partial charge in [-0.2, -0.15) is 4.98 Å². The van der Waals surface area contributed by atoms with Gasteiger partial charge in [0.2, 0.25) is 5.88 Å². The Labute approximate surface area is 141 Å². The van der Waals surface area contributed by atoms with Gasteiger partial charge in [0.15, 0.2) is 0 Å². The summed E-state index contributed by atoms with van der Waals surface area (Å²) in [4.78, 5) is 22.6. The molecule has 0 radical (unpaired) electrons. The molecular formula is C18H21N3O3. The Bertz CT molecular complexity index is 712. The van der Waals surface area contributed by atoms with Crippen molar-refractivity contribution in [2.45, 2.75) is 25.9 Å². The number of benzene rings is 1. The van der Waals surface area contributed by atoms with Gasteiger partial charge < -0.3 is 14.4 Å². The molecule has 1 fully saturated rings. The number of aryl methyl sites for hydroxylation is 1. The van der Waals surface area contributed by atoms with Crippen molar-refractivity contribution in [3.05, 3.63) is 47.7 Å². The molecule has 1 amide bonds. The van der Waals surface area contributed by atoms with E-state index in [2.05, 4.69) is 9.97 Å². The number of hydrogen-bond acceptors (Lipinski definition) is 5. The number of amides is 1. The van der Waals surface area contributed by atoms with E-state index in [0.29, 0.717) is 25.0 Å². The molecule has 3 rings (SSSR count). The lowest BCUT2D eigenvalue weighted by Gasteiger charge is -2.32. The Morgan fingerprint density at radius 1 is 1.25 bits per heavy atom. The van der Waals surface area contributed by atoms with Crippen molar-refractivity contribution < 1.29 is 14.3 Å². The molecule has 0 saturated carbocycles. The van der Waals surface area contributed by atoms with Crippen LogP contribution in [0.3, 0.4) is 0 Å². The minimum atomic E-state index is 0.0474. The van der Waals surface area contributed by atoms with E-state index < -0.39 is 0 Å². The van der Waals surface area contributed by atoms with Crippen LogP contribution in [0.4, 0.5) is 0 Å². The van der Waals surface area contributed by atoms with E-state index in [9.17, 15) is 4.79 Å². The number of aromatic nitrogens is 2. The lowest BCUT2D eigenvalue weighted by molar-refractivity contribution is 0.0586. The van der Waals surface area contributed by atoms with E-state index in [1.54, 1.807) is 12.3 Å². The number of piperidine rings is 1. The minimum absolute atomic E-state index is 0.0474. The Morgan fingerprint density at radius 3 is 2.75 bits per heavy atom. The van der Waals surface area contributed by atoms with E-state index >= 15 is 0 Å². The first-order valence-corrected chi connectivity index (χ1v) is 8.05. The van der Waals surface area contributed by atoms with Crippen molar-refractivity contribution in [3.63, 3.8) is 0 Å². The first kappa shape index (κ1) is 16.2. The molecule has 0 atom stereocenters. The summed E-state index contributed by atoms with van der Waals surface area (Å²) in [6.07, 6.45) is 3.22. The van der Waals surface area contributed by atoms with Crippen LogP contribution in [0.2, 0.25) is 0 Å². The fraction of sp³-hybridized carbons (Fsp3) is 0.389. The van der Waals surface area contributed by atoms with Crippen molar-refractivity contribution in [2.75, 3.05) is 20.2 Å². The summed E-state index contributed by atoms with van der Waals surface area (Å²) in [5.74, 6) is 0.589. The fourth-order valence-electron chi connectivity index (χ4n) is 2.80. The standard InChI is InChI=1S/C18H21N3O3/c1-13-4-3-5-14(12-13)17(22)21-10-7-15(8-11-21)24-16-6-9-19-18(20-16)23-2/h3-6,9,12,15H,7-8,10-11H2,1-2H3. The summed E-state index contributed by atoms with van der Waals surface area (Å²) >= 11 is 0. The van der Waals surface area contributed by atoms with E-state index in [0.717, 1.165) is 24.0 Å². The number of rotatable bonds is 4. The molecule has 2 aromatic rings. The zero-order valence-corrected chi connectivity index (χ0v) is 13.9. The van der Waals surface area contributed by atoms with Crippen LogP contribution in [0.5, 0.6) is 11.9 Å². The fourth-order valence-corrected chi connectivity index (χ4v) is 2.80. The number of nitrogens with zero attached hydrogens (tertiary/aromatic N) is 3. The predicted molar refractivity (Wildman–Crippen MR) is 89.3 cm³/mol. The molecule has 126 valence electrons. The van der Waals surface area contributed by atoms with Crippen molar-refractivity contribution in [3.8, 4) is 11.9 Å². The maximum atomic E-state index is 12.5. The third kappa shape index (κ3) is 3.82. The van der Waals surface area contributed by atoms with Gasteiger partial charge in [-0.05, 0) is 19.1 Å². The van der Waals surface area contributed by atoms with Gasteiger partial charge in [0.1, 0.15) is 6.10 Å². The summed E-state index contributed by atoms with van der Waals surface area (Å²) in [5, 5.41) is 0. The highest BCUT2D eigenvalue weighted by Crippen LogP contribution is 2.20. The monoisotopic (exact) mass is 327 g/mol. The third-order valence-electron chi connectivity index (χ3n) is 4.07. The van der Waals surface area contributed by atoms with E-state index in [1.807, 2.05) is 36.1 Å². The van der Waals surface area contributed by atoms with Crippen LogP contribution in [-0.4, -0.2) is 47.1 Å². The molecular weight excluding hydrogens is 306 g/mol. The first-order valence-electron chi connectivity index (χ1n) is 8.05. The summed E-state index contributed by atoms with van der Waals surface area (Å²) in [6.45, 7) is 3.35. The molecule has 2 heterocycles. The molecule has 0 bridgehead atoms. The number of hydrogen-bond donors (Lipinski definition) is 0. The van der Waals surface area contributed by atoms with Gasteiger partial charge in [-0.1, -0.05) is 17.7 Å². The zero-order chi connectivity index (χ0) is 16.9. The van der Waals surface area contributed by atoms with Gasteiger partial charge in [0, 0.05) is 43.8 Å². The second-order valence-corrected chi connectivity index (χ2v) is 5.86. The molecule has 0 aliphatic carbocycles. The molecule has 24 heavy (non-hydrogen) atoms. The molecule has 1 aromatic heterocycles. The molecule has 1 saturated heterocycles. The molecule has 0 unspecified atom stereocenters. The number of carbonyl (C=O) groups excluding carboxylic acids is 1. The van der Waals surface area contributed by atoms with Crippen LogP contribution < -0.4 is 9.47 Å². The largest absolute Gasteiger partial charge is 0.474 e. The van der Waals surface area contributed by atoms with E-state index in [1.165, 1.54) is 7.11 Å². The van der Waals surface area contributed by atoms with Crippen molar-refractivity contribution in [1.29, 1.82) is 0 Å². The maximum absolute atomic E-state index is 12.5. The topological polar surface area (TPSA) is 64.6 Å². The zero-order valence-electron chi connectivity index (χ0n) is 13.9. The first-order chi connectivity index (χ1) is 11.7. The molecule has 0 N–H and O–H groups in total. The Hall–Kier alpha value is -2.63. The minimum Gasteiger partial charge on any atom is -0.474 e. The van der Waals surface area contributed by atoms with Crippen LogP contribution in [0.1, 0.15) is 28.8 Å². The molecule has 0 spiro atoms. The highest BCUT2D eigenvalue weighted by Gasteiger charge is 2.25. The van der Waals surface area contributed by atoms with Gasteiger partial charge >= 0.3 is 6.01 Å². The SMILES string of the molecule is COc1nccc(OC2CCN(C(=O)c3cccc(C)c3)CC2)n1. The second kappa shape index (κ2) is 7.29. The van der Waals surface area contributed by atoms with Gasteiger partial charge in [-0.15, -0.1) is 0 Å². The average Bonchev–Trinajstić information content (AvgIpc) is 2.62. The quantitative estimate of drug-likeness (QED) is 0.863. The number of likely N-dealkylation sites (tertiary alicyclic amines) is 1. The van der Waals surface area contributed by atoms with Crippen LogP contribution in [-0.2, 0) is 0 Å². The number of methoxy groups -OCH3 is 1. The predicted octanol–water partition coefficient (Wildman–Crippen LogP) is 2.48. The molecule has 1 aromatic carbocycles. The highest BCUT2D eigenvalue weighted by atomic mass is 16.5.